The fourth-order valence-corrected chi connectivity index (χ4v) is 3.37. The second kappa shape index (κ2) is 10.9. The van der Waals surface area contributed by atoms with E-state index in [0.717, 1.165) is 38.5 Å². The first kappa shape index (κ1) is 20.2. The van der Waals surface area contributed by atoms with Crippen LogP contribution in [0.4, 0.5) is 0 Å². The first-order chi connectivity index (χ1) is 11.0. The van der Waals surface area contributed by atoms with Crippen LogP contribution >= 0.6 is 0 Å². The molecular formula is C20H36O3. The molecule has 0 amide bonds. The van der Waals surface area contributed by atoms with Crippen molar-refractivity contribution >= 4 is 5.97 Å². The Bertz CT molecular complexity index is 364. The van der Waals surface area contributed by atoms with Crippen LogP contribution in [0.3, 0.4) is 0 Å². The highest BCUT2D eigenvalue weighted by molar-refractivity contribution is 5.87. The fraction of sp³-hybridized carbons (Fsp3) is 0.850. The molecule has 0 radical (unpaired) electrons. The number of aliphatic hydroxyl groups excluding tert-OH is 1. The van der Waals surface area contributed by atoms with Gasteiger partial charge in [0.2, 0.25) is 0 Å². The van der Waals surface area contributed by atoms with E-state index in [4.69, 9.17) is 9.84 Å². The number of carbonyl (C=O) groups is 1. The van der Waals surface area contributed by atoms with Crippen LogP contribution in [0.15, 0.2) is 12.2 Å². The van der Waals surface area contributed by atoms with Gasteiger partial charge in [-0.25, -0.2) is 4.79 Å². The van der Waals surface area contributed by atoms with Crippen molar-refractivity contribution in [3.63, 3.8) is 0 Å². The lowest BCUT2D eigenvalue weighted by Crippen LogP contribution is -2.49. The van der Waals surface area contributed by atoms with Gasteiger partial charge in [-0.15, -0.1) is 0 Å². The van der Waals surface area contributed by atoms with Crippen molar-refractivity contribution in [3.05, 3.63) is 12.2 Å². The number of aliphatic hydroxyl groups is 1. The first-order valence-electron chi connectivity index (χ1n) is 9.51. The van der Waals surface area contributed by atoms with E-state index in [2.05, 4.69) is 13.5 Å². The lowest BCUT2D eigenvalue weighted by atomic mass is 9.67. The van der Waals surface area contributed by atoms with E-state index >= 15 is 0 Å². The highest BCUT2D eigenvalue weighted by Gasteiger charge is 2.46. The van der Waals surface area contributed by atoms with Crippen molar-refractivity contribution in [2.75, 3.05) is 6.61 Å². The molecule has 3 nitrogen and oxygen atoms in total. The predicted molar refractivity (Wildman–Crippen MR) is 95.3 cm³/mol. The summed E-state index contributed by atoms with van der Waals surface area (Å²) in [6.45, 7) is 7.94. The Morgan fingerprint density at radius 1 is 1.09 bits per heavy atom. The van der Waals surface area contributed by atoms with Gasteiger partial charge >= 0.3 is 5.97 Å². The van der Waals surface area contributed by atoms with Crippen LogP contribution in [0.25, 0.3) is 0 Å². The number of hydrogen-bond acceptors (Lipinski definition) is 3. The van der Waals surface area contributed by atoms with Crippen LogP contribution < -0.4 is 0 Å². The summed E-state index contributed by atoms with van der Waals surface area (Å²) in [5, 5.41) is 8.72. The summed E-state index contributed by atoms with van der Waals surface area (Å²) in [6.07, 6.45) is 14.1. The number of hydrogen-bond donors (Lipinski definition) is 1. The van der Waals surface area contributed by atoms with E-state index in [-0.39, 0.29) is 11.6 Å². The van der Waals surface area contributed by atoms with Gasteiger partial charge in [-0.2, -0.15) is 0 Å². The van der Waals surface area contributed by atoms with Gasteiger partial charge in [0, 0.05) is 12.2 Å². The third-order valence-electron chi connectivity index (χ3n) is 5.30. The van der Waals surface area contributed by atoms with Gasteiger partial charge in [0.15, 0.2) is 0 Å². The summed E-state index contributed by atoms with van der Waals surface area (Å²) in [5.41, 5.74) is 0.296. The highest BCUT2D eigenvalue weighted by atomic mass is 16.6. The SMILES string of the molecule is C=C(C)C(=O)OC1(CCCCCCCCCCCO)CCC1C. The van der Waals surface area contributed by atoms with Crippen LogP contribution in [0.2, 0.25) is 0 Å². The van der Waals surface area contributed by atoms with Gasteiger partial charge in [-0.3, -0.25) is 0 Å². The molecule has 2 unspecified atom stereocenters. The van der Waals surface area contributed by atoms with Crippen molar-refractivity contribution in [2.45, 2.75) is 96.5 Å². The van der Waals surface area contributed by atoms with E-state index in [0.29, 0.717) is 18.1 Å². The maximum Gasteiger partial charge on any atom is 0.333 e. The molecule has 0 aromatic rings. The molecule has 1 aliphatic rings. The standard InChI is InChI=1S/C20H36O3/c1-17(2)19(22)23-20(15-13-18(20)3)14-11-9-7-5-4-6-8-10-12-16-21/h18,21H,1,4-16H2,2-3H3. The summed E-state index contributed by atoms with van der Waals surface area (Å²) in [6, 6.07) is 0. The van der Waals surface area contributed by atoms with E-state index in [1.807, 2.05) is 0 Å². The molecule has 1 N–H and O–H groups in total. The molecule has 2 atom stereocenters. The van der Waals surface area contributed by atoms with E-state index in [9.17, 15) is 4.79 Å². The molecular weight excluding hydrogens is 288 g/mol. The van der Waals surface area contributed by atoms with E-state index < -0.39 is 0 Å². The number of ether oxygens (including phenoxy) is 1. The van der Waals surface area contributed by atoms with E-state index in [1.165, 1.54) is 38.5 Å². The number of unbranched alkanes of at least 4 members (excludes halogenated alkanes) is 8. The first-order valence-corrected chi connectivity index (χ1v) is 9.51. The van der Waals surface area contributed by atoms with Gasteiger partial charge in [-0.1, -0.05) is 58.4 Å². The molecule has 1 saturated carbocycles. The third-order valence-corrected chi connectivity index (χ3v) is 5.30. The maximum absolute atomic E-state index is 11.8. The normalized spacial score (nSPS) is 23.3. The van der Waals surface area contributed by atoms with Crippen LogP contribution in [0.5, 0.6) is 0 Å². The monoisotopic (exact) mass is 324 g/mol. The Morgan fingerprint density at radius 2 is 1.61 bits per heavy atom. The quantitative estimate of drug-likeness (QED) is 0.289. The summed E-state index contributed by atoms with van der Waals surface area (Å²) >= 11 is 0. The maximum atomic E-state index is 11.8. The third kappa shape index (κ3) is 7.07. The van der Waals surface area contributed by atoms with Crippen molar-refractivity contribution < 1.29 is 14.6 Å². The minimum absolute atomic E-state index is 0.208. The zero-order chi connectivity index (χ0) is 17.1. The van der Waals surface area contributed by atoms with Crippen molar-refractivity contribution in [3.8, 4) is 0 Å². The molecule has 23 heavy (non-hydrogen) atoms. The molecule has 0 spiro atoms. The zero-order valence-corrected chi connectivity index (χ0v) is 15.2. The van der Waals surface area contributed by atoms with E-state index in [1.54, 1.807) is 6.92 Å². The van der Waals surface area contributed by atoms with Crippen LogP contribution in [-0.2, 0) is 9.53 Å². The highest BCUT2D eigenvalue weighted by Crippen LogP contribution is 2.45. The molecule has 0 saturated heterocycles. The molecule has 0 aromatic heterocycles. The Hall–Kier alpha value is -0.830. The minimum Gasteiger partial charge on any atom is -0.455 e. The molecule has 0 aromatic carbocycles. The largest absolute Gasteiger partial charge is 0.455 e. The van der Waals surface area contributed by atoms with Gasteiger partial charge in [0.25, 0.3) is 0 Å². The van der Waals surface area contributed by atoms with Crippen molar-refractivity contribution in [1.82, 2.24) is 0 Å². The number of esters is 1. The second-order valence-electron chi connectivity index (χ2n) is 7.33. The van der Waals surface area contributed by atoms with Crippen LogP contribution in [-0.4, -0.2) is 23.3 Å². The molecule has 1 aliphatic carbocycles. The van der Waals surface area contributed by atoms with Crippen LogP contribution in [0, 0.1) is 5.92 Å². The summed E-state index contributed by atoms with van der Waals surface area (Å²) in [5.74, 6) is 0.261. The minimum atomic E-state index is -0.223. The second-order valence-corrected chi connectivity index (χ2v) is 7.33. The average Bonchev–Trinajstić information content (AvgIpc) is 2.53. The molecule has 0 aliphatic heterocycles. The van der Waals surface area contributed by atoms with Gasteiger partial charge in [-0.05, 0) is 44.9 Å². The van der Waals surface area contributed by atoms with Crippen LogP contribution in [0.1, 0.15) is 90.9 Å². The summed E-state index contributed by atoms with van der Waals surface area (Å²) in [4.78, 5) is 11.8. The van der Waals surface area contributed by atoms with Crippen molar-refractivity contribution in [2.24, 2.45) is 5.92 Å². The molecule has 1 fully saturated rings. The Morgan fingerprint density at radius 3 is 2.00 bits per heavy atom. The lowest BCUT2D eigenvalue weighted by molar-refractivity contribution is -0.177. The van der Waals surface area contributed by atoms with Gasteiger partial charge < -0.3 is 9.84 Å². The Labute approximate surface area is 142 Å². The zero-order valence-electron chi connectivity index (χ0n) is 15.2. The molecule has 0 heterocycles. The van der Waals surface area contributed by atoms with Gasteiger partial charge in [0.05, 0.1) is 0 Å². The average molecular weight is 325 g/mol. The number of carbonyl (C=O) groups excluding carboxylic acids is 1. The predicted octanol–water partition coefficient (Wildman–Crippen LogP) is 5.17. The summed E-state index contributed by atoms with van der Waals surface area (Å²) in [7, 11) is 0. The molecule has 0 bridgehead atoms. The molecule has 1 rings (SSSR count). The Balaban J connectivity index is 2.10. The fourth-order valence-electron chi connectivity index (χ4n) is 3.37. The lowest BCUT2D eigenvalue weighted by Gasteiger charge is -2.47. The van der Waals surface area contributed by atoms with Crippen molar-refractivity contribution in [1.29, 1.82) is 0 Å². The smallest absolute Gasteiger partial charge is 0.333 e. The topological polar surface area (TPSA) is 46.5 Å². The number of rotatable bonds is 13. The molecule has 134 valence electrons. The molecule has 3 heteroatoms. The van der Waals surface area contributed by atoms with Gasteiger partial charge in [0.1, 0.15) is 5.60 Å². The Kier molecular flexibility index (Phi) is 9.54. The summed E-state index contributed by atoms with van der Waals surface area (Å²) < 4.78 is 5.77.